The van der Waals surface area contributed by atoms with Crippen molar-refractivity contribution in [2.75, 3.05) is 30.7 Å². The second-order valence-corrected chi connectivity index (χ2v) is 10.4. The normalized spacial score (nSPS) is 11.2. The van der Waals surface area contributed by atoms with E-state index in [-0.39, 0.29) is 24.0 Å². The third kappa shape index (κ3) is 7.98. The molecule has 0 unspecified atom stereocenters. The molecule has 0 fully saturated rings. The molecule has 0 saturated heterocycles. The zero-order valence-corrected chi connectivity index (χ0v) is 22.0. The summed E-state index contributed by atoms with van der Waals surface area (Å²) in [6, 6.07) is 20.4. The number of nitrogens with one attached hydrogen (secondary N) is 1. The van der Waals surface area contributed by atoms with Crippen molar-refractivity contribution < 1.29 is 22.7 Å². The van der Waals surface area contributed by atoms with Gasteiger partial charge in [-0.3, -0.25) is 9.10 Å². The Kier molecular flexibility index (Phi) is 10.2. The van der Waals surface area contributed by atoms with Crippen LogP contribution in [0.1, 0.15) is 24.5 Å². The molecule has 1 N–H and O–H groups in total. The van der Waals surface area contributed by atoms with Crippen molar-refractivity contribution in [3.63, 3.8) is 0 Å². The first kappa shape index (κ1) is 27.5. The highest BCUT2D eigenvalue weighted by atomic mass is 35.5. The van der Waals surface area contributed by atoms with Crippen molar-refractivity contribution in [2.45, 2.75) is 31.7 Å². The van der Waals surface area contributed by atoms with Crippen LogP contribution in [0.15, 0.2) is 77.7 Å². The highest BCUT2D eigenvalue weighted by Gasteiger charge is 2.25. The van der Waals surface area contributed by atoms with E-state index >= 15 is 0 Å². The minimum Gasteiger partial charge on any atom is -0.484 e. The Morgan fingerprint density at radius 1 is 0.972 bits per heavy atom. The lowest BCUT2D eigenvalue weighted by Gasteiger charge is -2.25. The van der Waals surface area contributed by atoms with Gasteiger partial charge < -0.3 is 14.8 Å². The minimum atomic E-state index is -3.85. The number of hydrogen-bond donors (Lipinski definition) is 1. The summed E-state index contributed by atoms with van der Waals surface area (Å²) in [5.74, 6) is 0.226. The molecule has 7 nitrogen and oxygen atoms in total. The van der Waals surface area contributed by atoms with Gasteiger partial charge in [-0.2, -0.15) is 0 Å². The molecule has 0 aromatic heterocycles. The smallest absolute Gasteiger partial charge is 0.264 e. The van der Waals surface area contributed by atoms with Crippen LogP contribution >= 0.6 is 11.6 Å². The molecular formula is C27H31ClN2O5S. The van der Waals surface area contributed by atoms with Gasteiger partial charge >= 0.3 is 0 Å². The van der Waals surface area contributed by atoms with E-state index in [1.807, 2.05) is 13.8 Å². The molecule has 0 aliphatic rings. The Hall–Kier alpha value is -3.07. The average Bonchev–Trinajstić information content (AvgIpc) is 2.87. The molecule has 0 heterocycles. The number of nitrogens with zero attached hydrogens (tertiary/aromatic N) is 1. The number of carbonyl (C=O) groups is 1. The van der Waals surface area contributed by atoms with Gasteiger partial charge in [0.25, 0.3) is 15.9 Å². The zero-order valence-electron chi connectivity index (χ0n) is 20.4. The number of anilines is 1. The Balaban J connectivity index is 1.73. The number of benzene rings is 3. The van der Waals surface area contributed by atoms with E-state index < -0.39 is 10.0 Å². The maximum atomic E-state index is 13.6. The summed E-state index contributed by atoms with van der Waals surface area (Å²) in [5, 5.41) is 3.35. The number of halogens is 1. The second kappa shape index (κ2) is 13.3. The Bertz CT molecular complexity index is 1210. The van der Waals surface area contributed by atoms with Gasteiger partial charge in [-0.1, -0.05) is 41.4 Å². The number of ether oxygens (including phenoxy) is 2. The first-order chi connectivity index (χ1) is 17.3. The van der Waals surface area contributed by atoms with Gasteiger partial charge in [-0.25, -0.2) is 8.42 Å². The number of carbonyl (C=O) groups excluding carboxylic acids is 1. The average molecular weight is 531 g/mol. The van der Waals surface area contributed by atoms with Crippen molar-refractivity contribution >= 4 is 33.2 Å². The van der Waals surface area contributed by atoms with E-state index in [4.69, 9.17) is 21.1 Å². The molecule has 0 radical (unpaired) electrons. The summed E-state index contributed by atoms with van der Waals surface area (Å²) in [7, 11) is -3.85. The number of aryl methyl sites for hydroxylation is 1. The monoisotopic (exact) mass is 530 g/mol. The SMILES string of the molecule is CCOCCCNC(=O)COc1ccc(N(Cc2ccc(Cl)cc2)S(=O)(=O)c2ccc(C)cc2)cc1. The highest BCUT2D eigenvalue weighted by Crippen LogP contribution is 2.28. The van der Waals surface area contributed by atoms with Crippen LogP contribution in [0.3, 0.4) is 0 Å². The molecular weight excluding hydrogens is 500 g/mol. The van der Waals surface area contributed by atoms with Crippen LogP contribution in [-0.4, -0.2) is 40.7 Å². The number of rotatable bonds is 13. The predicted molar refractivity (Wildman–Crippen MR) is 142 cm³/mol. The van der Waals surface area contributed by atoms with Gasteiger partial charge in [0.05, 0.1) is 17.1 Å². The predicted octanol–water partition coefficient (Wildman–Crippen LogP) is 4.97. The lowest BCUT2D eigenvalue weighted by Crippen LogP contribution is -2.31. The van der Waals surface area contributed by atoms with Crippen LogP contribution in [0.4, 0.5) is 5.69 Å². The van der Waals surface area contributed by atoms with E-state index in [0.29, 0.717) is 36.2 Å². The molecule has 0 saturated carbocycles. The highest BCUT2D eigenvalue weighted by molar-refractivity contribution is 7.92. The first-order valence-electron chi connectivity index (χ1n) is 11.7. The van der Waals surface area contributed by atoms with Crippen LogP contribution in [0.2, 0.25) is 5.02 Å². The summed E-state index contributed by atoms with van der Waals surface area (Å²) >= 11 is 6.00. The van der Waals surface area contributed by atoms with Gasteiger partial charge in [0.2, 0.25) is 0 Å². The van der Waals surface area contributed by atoms with Gasteiger partial charge in [-0.15, -0.1) is 0 Å². The summed E-state index contributed by atoms with van der Waals surface area (Å²) in [6.07, 6.45) is 0.729. The van der Waals surface area contributed by atoms with Crippen LogP contribution in [0.25, 0.3) is 0 Å². The molecule has 3 rings (SSSR count). The number of amides is 1. The van der Waals surface area contributed by atoms with E-state index in [0.717, 1.165) is 17.5 Å². The topological polar surface area (TPSA) is 84.9 Å². The summed E-state index contributed by atoms with van der Waals surface area (Å²) < 4.78 is 39.3. The van der Waals surface area contributed by atoms with Crippen molar-refractivity contribution in [1.82, 2.24) is 5.32 Å². The molecule has 192 valence electrons. The van der Waals surface area contributed by atoms with Crippen molar-refractivity contribution in [3.8, 4) is 5.75 Å². The van der Waals surface area contributed by atoms with Crippen LogP contribution in [-0.2, 0) is 26.1 Å². The number of hydrogen-bond acceptors (Lipinski definition) is 5. The fraction of sp³-hybridized carbons (Fsp3) is 0.296. The molecule has 0 spiro atoms. The van der Waals surface area contributed by atoms with Crippen LogP contribution in [0.5, 0.6) is 5.75 Å². The molecule has 0 aliphatic heterocycles. The lowest BCUT2D eigenvalue weighted by atomic mass is 10.2. The van der Waals surface area contributed by atoms with Crippen molar-refractivity contribution in [3.05, 3.63) is 88.9 Å². The van der Waals surface area contributed by atoms with E-state index in [9.17, 15) is 13.2 Å². The van der Waals surface area contributed by atoms with Gasteiger partial charge in [0.15, 0.2) is 6.61 Å². The van der Waals surface area contributed by atoms with Gasteiger partial charge in [0.1, 0.15) is 5.75 Å². The largest absolute Gasteiger partial charge is 0.484 e. The fourth-order valence-corrected chi connectivity index (χ4v) is 4.94. The minimum absolute atomic E-state index is 0.123. The van der Waals surface area contributed by atoms with E-state index in [1.165, 1.54) is 4.31 Å². The van der Waals surface area contributed by atoms with E-state index in [1.54, 1.807) is 72.8 Å². The number of sulfonamides is 1. The maximum absolute atomic E-state index is 13.6. The van der Waals surface area contributed by atoms with Crippen molar-refractivity contribution in [2.24, 2.45) is 0 Å². The van der Waals surface area contributed by atoms with Crippen LogP contribution < -0.4 is 14.4 Å². The second-order valence-electron chi connectivity index (χ2n) is 8.13. The summed E-state index contributed by atoms with van der Waals surface area (Å²) in [4.78, 5) is 12.2. The molecule has 0 aliphatic carbocycles. The third-order valence-corrected chi connectivity index (χ3v) is 7.37. The van der Waals surface area contributed by atoms with Gasteiger partial charge in [0, 0.05) is 24.8 Å². The zero-order chi connectivity index (χ0) is 26.0. The van der Waals surface area contributed by atoms with Crippen molar-refractivity contribution in [1.29, 1.82) is 0 Å². The summed E-state index contributed by atoms with van der Waals surface area (Å²) in [6.45, 7) is 5.57. The summed E-state index contributed by atoms with van der Waals surface area (Å²) in [5.41, 5.74) is 2.23. The first-order valence-corrected chi connectivity index (χ1v) is 13.5. The molecule has 3 aromatic rings. The molecule has 1 amide bonds. The molecule has 9 heteroatoms. The quantitative estimate of drug-likeness (QED) is 0.315. The molecule has 36 heavy (non-hydrogen) atoms. The van der Waals surface area contributed by atoms with E-state index in [2.05, 4.69) is 5.32 Å². The lowest BCUT2D eigenvalue weighted by molar-refractivity contribution is -0.123. The van der Waals surface area contributed by atoms with Crippen LogP contribution in [0, 0.1) is 6.92 Å². The Morgan fingerprint density at radius 2 is 1.64 bits per heavy atom. The Labute approximate surface area is 218 Å². The standard InChI is InChI=1S/C27H31ClN2O5S/c1-3-34-18-4-17-29-27(31)20-35-25-13-11-24(12-14-25)30(19-22-7-9-23(28)10-8-22)36(32,33)26-15-5-21(2)6-16-26/h5-16H,3-4,17-20H2,1-2H3,(H,29,31). The fourth-order valence-electron chi connectivity index (χ4n) is 3.36. The third-order valence-electron chi connectivity index (χ3n) is 5.33. The maximum Gasteiger partial charge on any atom is 0.264 e. The molecule has 3 aromatic carbocycles. The molecule has 0 atom stereocenters. The Morgan fingerprint density at radius 3 is 2.28 bits per heavy atom. The molecule has 0 bridgehead atoms. The van der Waals surface area contributed by atoms with Gasteiger partial charge in [-0.05, 0) is 74.4 Å².